The molecule has 8 heteroatoms. The summed E-state index contributed by atoms with van der Waals surface area (Å²) in [6.45, 7) is 0. The number of nitrogens with zero attached hydrogens (tertiary/aromatic N) is 3. The summed E-state index contributed by atoms with van der Waals surface area (Å²) in [5, 5.41) is 0.897. The molecule has 0 aliphatic carbocycles. The van der Waals surface area contributed by atoms with Gasteiger partial charge in [0.25, 0.3) is 0 Å². The largest absolute Gasteiger partial charge is 0.362 e. The molecule has 2 N–H and O–H groups in total. The number of nitrogens with one attached hydrogen (secondary N) is 2. The lowest BCUT2D eigenvalue weighted by atomic mass is 10.1. The van der Waals surface area contributed by atoms with Crippen LogP contribution in [0.2, 0.25) is 0 Å². The van der Waals surface area contributed by atoms with Gasteiger partial charge in [0.05, 0.1) is 11.6 Å². The standard InChI is InChI=1S/C15H17N5O2S/c1-20(2)15-13-12(8-16-14(13)17-9-18-15)10-5-4-6-11(7-10)19-23(3,21)22/h4-9,19H,1-3H3,(H,16,17,18). The van der Waals surface area contributed by atoms with Crippen molar-refractivity contribution in [3.05, 3.63) is 36.8 Å². The van der Waals surface area contributed by atoms with Gasteiger partial charge in [-0.15, -0.1) is 0 Å². The minimum absolute atomic E-state index is 0.516. The van der Waals surface area contributed by atoms with E-state index in [9.17, 15) is 8.42 Å². The molecule has 0 spiro atoms. The Balaban J connectivity index is 2.16. The zero-order valence-electron chi connectivity index (χ0n) is 13.0. The normalized spacial score (nSPS) is 11.6. The molecular formula is C15H17N5O2S. The minimum Gasteiger partial charge on any atom is -0.362 e. The summed E-state index contributed by atoms with van der Waals surface area (Å²) < 4.78 is 25.3. The first-order chi connectivity index (χ1) is 10.8. The molecule has 2 heterocycles. The molecule has 3 rings (SSSR count). The molecule has 0 aliphatic heterocycles. The van der Waals surface area contributed by atoms with Crippen molar-refractivity contribution in [2.24, 2.45) is 0 Å². The Morgan fingerprint density at radius 3 is 2.70 bits per heavy atom. The number of rotatable bonds is 4. The fraction of sp³-hybridized carbons (Fsp3) is 0.200. The van der Waals surface area contributed by atoms with Crippen LogP contribution in [-0.2, 0) is 10.0 Å². The van der Waals surface area contributed by atoms with Gasteiger partial charge < -0.3 is 9.88 Å². The van der Waals surface area contributed by atoms with Crippen LogP contribution in [0.1, 0.15) is 0 Å². The summed E-state index contributed by atoms with van der Waals surface area (Å²) in [6.07, 6.45) is 4.49. The maximum absolute atomic E-state index is 11.4. The molecule has 0 saturated heterocycles. The van der Waals surface area contributed by atoms with Gasteiger partial charge in [0.15, 0.2) is 0 Å². The van der Waals surface area contributed by atoms with Gasteiger partial charge in [-0.1, -0.05) is 12.1 Å². The topological polar surface area (TPSA) is 91.0 Å². The Kier molecular flexibility index (Phi) is 3.69. The summed E-state index contributed by atoms with van der Waals surface area (Å²) >= 11 is 0. The van der Waals surface area contributed by atoms with Crippen LogP contribution < -0.4 is 9.62 Å². The fourth-order valence-electron chi connectivity index (χ4n) is 2.48. The van der Waals surface area contributed by atoms with E-state index >= 15 is 0 Å². The molecule has 0 atom stereocenters. The van der Waals surface area contributed by atoms with Crippen molar-refractivity contribution in [3.8, 4) is 11.1 Å². The molecule has 0 bridgehead atoms. The van der Waals surface area contributed by atoms with Crippen LogP contribution in [-0.4, -0.2) is 43.7 Å². The highest BCUT2D eigenvalue weighted by molar-refractivity contribution is 7.92. The third-order valence-corrected chi connectivity index (χ3v) is 3.96. The van der Waals surface area contributed by atoms with E-state index < -0.39 is 10.0 Å². The summed E-state index contributed by atoms with van der Waals surface area (Å²) in [5.41, 5.74) is 3.05. The maximum Gasteiger partial charge on any atom is 0.229 e. The average Bonchev–Trinajstić information content (AvgIpc) is 2.89. The number of aromatic nitrogens is 3. The summed E-state index contributed by atoms with van der Waals surface area (Å²) in [5.74, 6) is 0.799. The first-order valence-corrected chi connectivity index (χ1v) is 8.82. The van der Waals surface area contributed by atoms with Crippen molar-refractivity contribution in [1.82, 2.24) is 15.0 Å². The van der Waals surface area contributed by atoms with Gasteiger partial charge in [-0.05, 0) is 17.7 Å². The number of hydrogen-bond acceptors (Lipinski definition) is 5. The quantitative estimate of drug-likeness (QED) is 0.763. The van der Waals surface area contributed by atoms with E-state index in [1.165, 1.54) is 6.33 Å². The summed E-state index contributed by atoms with van der Waals surface area (Å²) in [4.78, 5) is 13.6. The lowest BCUT2D eigenvalue weighted by Gasteiger charge is -2.13. The van der Waals surface area contributed by atoms with Crippen molar-refractivity contribution in [3.63, 3.8) is 0 Å². The Bertz CT molecular complexity index is 963. The lowest BCUT2D eigenvalue weighted by molar-refractivity contribution is 0.607. The fourth-order valence-corrected chi connectivity index (χ4v) is 3.03. The predicted octanol–water partition coefficient (Wildman–Crippen LogP) is 2.06. The number of fused-ring (bicyclic) bond motifs is 1. The Hall–Kier alpha value is -2.61. The van der Waals surface area contributed by atoms with E-state index in [1.807, 2.05) is 31.3 Å². The Labute approximate surface area is 134 Å². The number of sulfonamides is 1. The highest BCUT2D eigenvalue weighted by Crippen LogP contribution is 2.33. The van der Waals surface area contributed by atoms with Crippen LogP contribution in [0.3, 0.4) is 0 Å². The third-order valence-electron chi connectivity index (χ3n) is 3.35. The van der Waals surface area contributed by atoms with E-state index in [-0.39, 0.29) is 0 Å². The van der Waals surface area contributed by atoms with Gasteiger partial charge in [0.1, 0.15) is 17.8 Å². The van der Waals surface area contributed by atoms with Gasteiger partial charge in [-0.25, -0.2) is 18.4 Å². The maximum atomic E-state index is 11.4. The van der Waals surface area contributed by atoms with E-state index in [0.29, 0.717) is 5.69 Å². The molecule has 0 amide bonds. The van der Waals surface area contributed by atoms with Crippen molar-refractivity contribution in [2.45, 2.75) is 0 Å². The van der Waals surface area contributed by atoms with Gasteiger partial charge in [-0.3, -0.25) is 4.72 Å². The van der Waals surface area contributed by atoms with Gasteiger partial charge in [-0.2, -0.15) is 0 Å². The highest BCUT2D eigenvalue weighted by Gasteiger charge is 2.14. The second-order valence-corrected chi connectivity index (χ2v) is 7.22. The van der Waals surface area contributed by atoms with Crippen molar-refractivity contribution < 1.29 is 8.42 Å². The summed E-state index contributed by atoms with van der Waals surface area (Å²) in [6, 6.07) is 7.22. The smallest absolute Gasteiger partial charge is 0.229 e. The molecule has 1 aromatic carbocycles. The van der Waals surface area contributed by atoms with Crippen LogP contribution in [0.15, 0.2) is 36.8 Å². The molecule has 0 saturated carbocycles. The second-order valence-electron chi connectivity index (χ2n) is 5.47. The van der Waals surface area contributed by atoms with E-state index in [2.05, 4.69) is 19.7 Å². The van der Waals surface area contributed by atoms with Crippen LogP contribution in [0, 0.1) is 0 Å². The first kappa shape index (κ1) is 15.3. The lowest BCUT2D eigenvalue weighted by Crippen LogP contribution is -2.11. The Morgan fingerprint density at radius 2 is 2.00 bits per heavy atom. The molecule has 0 fully saturated rings. The van der Waals surface area contributed by atoms with E-state index in [4.69, 9.17) is 0 Å². The second kappa shape index (κ2) is 5.54. The highest BCUT2D eigenvalue weighted by atomic mass is 32.2. The average molecular weight is 331 g/mol. The van der Waals surface area contributed by atoms with Crippen LogP contribution in [0.4, 0.5) is 11.5 Å². The number of anilines is 2. The zero-order valence-corrected chi connectivity index (χ0v) is 13.8. The van der Waals surface area contributed by atoms with Crippen molar-refractivity contribution in [1.29, 1.82) is 0 Å². The predicted molar refractivity (Wildman–Crippen MR) is 92.1 cm³/mol. The first-order valence-electron chi connectivity index (χ1n) is 6.93. The van der Waals surface area contributed by atoms with E-state index in [0.717, 1.165) is 34.2 Å². The van der Waals surface area contributed by atoms with Gasteiger partial charge in [0, 0.05) is 31.5 Å². The van der Waals surface area contributed by atoms with Crippen LogP contribution in [0.5, 0.6) is 0 Å². The van der Waals surface area contributed by atoms with Crippen LogP contribution >= 0.6 is 0 Å². The number of aromatic amines is 1. The van der Waals surface area contributed by atoms with Crippen molar-refractivity contribution in [2.75, 3.05) is 30.0 Å². The van der Waals surface area contributed by atoms with Crippen LogP contribution in [0.25, 0.3) is 22.2 Å². The minimum atomic E-state index is -3.32. The third kappa shape index (κ3) is 3.11. The molecule has 120 valence electrons. The molecule has 23 heavy (non-hydrogen) atoms. The monoisotopic (exact) mass is 331 g/mol. The van der Waals surface area contributed by atoms with Gasteiger partial charge in [0.2, 0.25) is 10.0 Å². The number of H-pyrrole nitrogens is 1. The molecule has 2 aromatic heterocycles. The van der Waals surface area contributed by atoms with Gasteiger partial charge >= 0.3 is 0 Å². The van der Waals surface area contributed by atoms with E-state index in [1.54, 1.807) is 18.2 Å². The molecule has 0 aliphatic rings. The SMILES string of the molecule is CN(C)c1ncnc2[nH]cc(-c3cccc(NS(C)(=O)=O)c3)c12. The zero-order chi connectivity index (χ0) is 16.6. The molecule has 0 radical (unpaired) electrons. The molecule has 3 aromatic rings. The van der Waals surface area contributed by atoms with Crippen molar-refractivity contribution >= 4 is 32.6 Å². The Morgan fingerprint density at radius 1 is 1.22 bits per heavy atom. The molecule has 0 unspecified atom stereocenters. The number of benzene rings is 1. The number of hydrogen-bond donors (Lipinski definition) is 2. The molecule has 7 nitrogen and oxygen atoms in total. The summed E-state index contributed by atoms with van der Waals surface area (Å²) in [7, 11) is 0.516. The molecular weight excluding hydrogens is 314 g/mol.